The van der Waals surface area contributed by atoms with Gasteiger partial charge in [0.1, 0.15) is 0 Å². The van der Waals surface area contributed by atoms with Gasteiger partial charge in [-0.25, -0.2) is 9.97 Å². The van der Waals surface area contributed by atoms with Crippen LogP contribution in [0.25, 0.3) is 22.4 Å². The van der Waals surface area contributed by atoms with Gasteiger partial charge in [0.05, 0.1) is 18.2 Å². The lowest BCUT2D eigenvalue weighted by Crippen LogP contribution is -2.39. The molecule has 0 aliphatic heterocycles. The number of anilines is 1. The Kier molecular flexibility index (Phi) is 8.07. The Bertz CT molecular complexity index is 1260. The van der Waals surface area contributed by atoms with Crippen molar-refractivity contribution in [2.24, 2.45) is 11.8 Å². The number of carboxylic acids is 1. The van der Waals surface area contributed by atoms with Crippen LogP contribution in [0.2, 0.25) is 0 Å². The summed E-state index contributed by atoms with van der Waals surface area (Å²) in [4.78, 5) is 36.7. The first-order chi connectivity index (χ1) is 18.4. The van der Waals surface area contributed by atoms with E-state index in [1.54, 1.807) is 4.90 Å². The van der Waals surface area contributed by atoms with Gasteiger partial charge < -0.3 is 9.84 Å². The molecule has 1 N–H and O–H groups in total. The summed E-state index contributed by atoms with van der Waals surface area (Å²) in [6.07, 6.45) is 8.76. The van der Waals surface area contributed by atoms with Crippen LogP contribution in [0.1, 0.15) is 65.2 Å². The minimum atomic E-state index is -0.913. The second-order valence-corrected chi connectivity index (χ2v) is 11.6. The maximum Gasteiger partial charge on any atom is 0.304 e. The number of ether oxygens (including phenoxy) is 1. The van der Waals surface area contributed by atoms with Crippen LogP contribution in [-0.2, 0) is 9.59 Å². The van der Waals surface area contributed by atoms with Crippen LogP contribution in [0.5, 0.6) is 5.88 Å². The SMILES string of the molecule is CC(C)Oc1ccc(-c2ccccc2-c2csc(N(C(=O)[C@@H](CC(=O)O)CC3CCCC3)C3CC3)n2)cn1. The van der Waals surface area contributed by atoms with Gasteiger partial charge in [0.25, 0.3) is 0 Å². The van der Waals surface area contributed by atoms with Crippen LogP contribution in [0.3, 0.4) is 0 Å². The Hall–Kier alpha value is -3.26. The number of aromatic nitrogens is 2. The highest BCUT2D eigenvalue weighted by Gasteiger charge is 2.40. The zero-order valence-electron chi connectivity index (χ0n) is 22.0. The van der Waals surface area contributed by atoms with Crippen LogP contribution in [0, 0.1) is 11.8 Å². The van der Waals surface area contributed by atoms with E-state index in [0.29, 0.717) is 23.4 Å². The summed E-state index contributed by atoms with van der Waals surface area (Å²) in [6, 6.07) is 12.0. The number of carbonyl (C=O) groups excluding carboxylic acids is 1. The lowest BCUT2D eigenvalue weighted by molar-refractivity contribution is -0.141. The molecule has 2 aliphatic rings. The highest BCUT2D eigenvalue weighted by Crippen LogP contribution is 2.40. The van der Waals surface area contributed by atoms with Crippen molar-refractivity contribution >= 4 is 28.3 Å². The van der Waals surface area contributed by atoms with Gasteiger partial charge in [-0.2, -0.15) is 0 Å². The van der Waals surface area contributed by atoms with Gasteiger partial charge in [-0.15, -0.1) is 11.3 Å². The normalized spacial score (nSPS) is 16.5. The van der Waals surface area contributed by atoms with E-state index in [1.807, 2.05) is 61.8 Å². The van der Waals surface area contributed by atoms with Crippen LogP contribution in [0.4, 0.5) is 5.13 Å². The second-order valence-electron chi connectivity index (χ2n) is 10.7. The van der Waals surface area contributed by atoms with E-state index in [9.17, 15) is 14.7 Å². The molecule has 0 spiro atoms. The summed E-state index contributed by atoms with van der Waals surface area (Å²) >= 11 is 1.45. The Morgan fingerprint density at radius 3 is 2.45 bits per heavy atom. The molecule has 0 radical (unpaired) electrons. The molecule has 2 aromatic heterocycles. The number of amides is 1. The molecule has 38 heavy (non-hydrogen) atoms. The molecule has 2 heterocycles. The number of carboxylic acid groups (broad SMARTS) is 1. The third-order valence-corrected chi connectivity index (χ3v) is 8.16. The molecule has 1 aromatic carbocycles. The smallest absolute Gasteiger partial charge is 0.304 e. The topological polar surface area (TPSA) is 92.6 Å². The van der Waals surface area contributed by atoms with Crippen molar-refractivity contribution in [3.05, 3.63) is 48.0 Å². The quantitative estimate of drug-likeness (QED) is 0.291. The van der Waals surface area contributed by atoms with Gasteiger partial charge in [0.2, 0.25) is 11.8 Å². The monoisotopic (exact) mass is 533 g/mol. The minimum Gasteiger partial charge on any atom is -0.481 e. The third-order valence-electron chi connectivity index (χ3n) is 7.32. The van der Waals surface area contributed by atoms with Crippen LogP contribution < -0.4 is 9.64 Å². The van der Waals surface area contributed by atoms with Gasteiger partial charge >= 0.3 is 5.97 Å². The number of nitrogens with zero attached hydrogens (tertiary/aromatic N) is 3. The maximum absolute atomic E-state index is 13.8. The molecule has 0 unspecified atom stereocenters. The van der Waals surface area contributed by atoms with E-state index >= 15 is 0 Å². The molecular formula is C30H35N3O4S. The first-order valence-electron chi connectivity index (χ1n) is 13.6. The van der Waals surface area contributed by atoms with E-state index in [-0.39, 0.29) is 24.5 Å². The first-order valence-corrected chi connectivity index (χ1v) is 14.5. The van der Waals surface area contributed by atoms with Crippen LogP contribution in [-0.4, -0.2) is 39.1 Å². The van der Waals surface area contributed by atoms with Crippen molar-refractivity contribution in [3.63, 3.8) is 0 Å². The van der Waals surface area contributed by atoms with Crippen molar-refractivity contribution in [1.29, 1.82) is 0 Å². The fourth-order valence-electron chi connectivity index (χ4n) is 5.40. The Morgan fingerprint density at radius 2 is 1.82 bits per heavy atom. The molecule has 7 nitrogen and oxygen atoms in total. The molecule has 8 heteroatoms. The largest absolute Gasteiger partial charge is 0.481 e. The van der Waals surface area contributed by atoms with Gasteiger partial charge in [0, 0.05) is 40.7 Å². The van der Waals surface area contributed by atoms with Crippen molar-refractivity contribution in [3.8, 4) is 28.3 Å². The molecule has 3 aromatic rings. The van der Waals surface area contributed by atoms with E-state index < -0.39 is 11.9 Å². The molecule has 0 bridgehead atoms. The number of hydrogen-bond donors (Lipinski definition) is 1. The summed E-state index contributed by atoms with van der Waals surface area (Å²) in [7, 11) is 0. The zero-order chi connectivity index (χ0) is 26.6. The summed E-state index contributed by atoms with van der Waals surface area (Å²) in [5.41, 5.74) is 3.72. The maximum atomic E-state index is 13.8. The third kappa shape index (κ3) is 6.23. The fraction of sp³-hybridized carbons (Fsp3) is 0.467. The van der Waals surface area contributed by atoms with Crippen molar-refractivity contribution < 1.29 is 19.4 Å². The molecule has 0 saturated heterocycles. The predicted octanol–water partition coefficient (Wildman–Crippen LogP) is 6.83. The van der Waals surface area contributed by atoms with Gasteiger partial charge in [0.15, 0.2) is 5.13 Å². The minimum absolute atomic E-state index is 0.0550. The van der Waals surface area contributed by atoms with Gasteiger partial charge in [-0.05, 0) is 50.7 Å². The van der Waals surface area contributed by atoms with Crippen molar-refractivity contribution in [2.75, 3.05) is 4.90 Å². The predicted molar refractivity (Wildman–Crippen MR) is 149 cm³/mol. The number of benzene rings is 1. The number of aliphatic carboxylic acids is 1. The average Bonchev–Trinajstić information content (AvgIpc) is 3.37. The molecule has 5 rings (SSSR count). The molecular weight excluding hydrogens is 498 g/mol. The highest BCUT2D eigenvalue weighted by atomic mass is 32.1. The fourth-order valence-corrected chi connectivity index (χ4v) is 6.30. The highest BCUT2D eigenvalue weighted by molar-refractivity contribution is 7.14. The molecule has 2 fully saturated rings. The average molecular weight is 534 g/mol. The lowest BCUT2D eigenvalue weighted by atomic mass is 9.90. The Morgan fingerprint density at radius 1 is 1.08 bits per heavy atom. The number of thiazole rings is 1. The van der Waals surface area contributed by atoms with Crippen LogP contribution >= 0.6 is 11.3 Å². The standard InChI is InChI=1S/C30H35N3O4S/c1-19(2)37-27-14-11-21(17-31-27)24-9-5-6-10-25(24)26-18-38-30(32-26)33(23-12-13-23)29(36)22(16-28(34)35)15-20-7-3-4-8-20/h5-6,9-11,14,17-20,22-23H,3-4,7-8,12-13,15-16H2,1-2H3,(H,34,35)/t22-/m1/s1. The summed E-state index contributed by atoms with van der Waals surface area (Å²) in [5.74, 6) is -0.475. The zero-order valence-corrected chi connectivity index (χ0v) is 22.8. The number of carbonyl (C=O) groups is 2. The van der Waals surface area contributed by atoms with E-state index in [0.717, 1.165) is 48.1 Å². The lowest BCUT2D eigenvalue weighted by Gasteiger charge is -2.26. The number of pyridine rings is 1. The summed E-state index contributed by atoms with van der Waals surface area (Å²) < 4.78 is 5.69. The van der Waals surface area contributed by atoms with E-state index in [2.05, 4.69) is 4.98 Å². The molecule has 1 atom stereocenters. The van der Waals surface area contributed by atoms with Gasteiger partial charge in [-0.3, -0.25) is 14.5 Å². The van der Waals surface area contributed by atoms with E-state index in [1.165, 1.54) is 24.2 Å². The molecule has 1 amide bonds. The Balaban J connectivity index is 1.41. The molecule has 200 valence electrons. The second kappa shape index (κ2) is 11.6. The first kappa shape index (κ1) is 26.4. The Labute approximate surface area is 227 Å². The summed E-state index contributed by atoms with van der Waals surface area (Å²) in [6.45, 7) is 3.94. The van der Waals surface area contributed by atoms with Crippen molar-refractivity contribution in [1.82, 2.24) is 9.97 Å². The van der Waals surface area contributed by atoms with E-state index in [4.69, 9.17) is 9.72 Å². The van der Waals surface area contributed by atoms with Crippen molar-refractivity contribution in [2.45, 2.75) is 77.4 Å². The summed E-state index contributed by atoms with van der Waals surface area (Å²) in [5, 5.41) is 12.2. The van der Waals surface area contributed by atoms with Gasteiger partial charge in [-0.1, -0.05) is 49.9 Å². The number of rotatable bonds is 11. The molecule has 2 saturated carbocycles. The molecule has 2 aliphatic carbocycles. The number of hydrogen-bond acceptors (Lipinski definition) is 6. The van der Waals surface area contributed by atoms with Crippen LogP contribution in [0.15, 0.2) is 48.0 Å².